The Hall–Kier alpha value is -2.88. The van der Waals surface area contributed by atoms with E-state index in [9.17, 15) is 4.79 Å². The summed E-state index contributed by atoms with van der Waals surface area (Å²) in [5, 5.41) is 1.09. The molecule has 102 valence electrons. The van der Waals surface area contributed by atoms with Gasteiger partial charge in [-0.3, -0.25) is 9.36 Å². The van der Waals surface area contributed by atoms with Crippen LogP contribution >= 0.6 is 0 Å². The van der Waals surface area contributed by atoms with Crippen molar-refractivity contribution in [2.24, 2.45) is 7.05 Å². The van der Waals surface area contributed by atoms with E-state index >= 15 is 0 Å². The first kappa shape index (κ1) is 11.9. The van der Waals surface area contributed by atoms with Gasteiger partial charge in [-0.25, -0.2) is 4.98 Å². The minimum Gasteiger partial charge on any atom is -0.307 e. The molecule has 0 fully saturated rings. The summed E-state index contributed by atoms with van der Waals surface area (Å²) < 4.78 is 3.50. The molecule has 0 unspecified atom stereocenters. The van der Waals surface area contributed by atoms with Crippen LogP contribution < -0.4 is 5.56 Å². The van der Waals surface area contributed by atoms with Crippen LogP contribution in [0.3, 0.4) is 0 Å². The highest BCUT2D eigenvalue weighted by Gasteiger charge is 2.11. The maximum Gasteiger partial charge on any atom is 0.294 e. The van der Waals surface area contributed by atoms with Gasteiger partial charge in [-0.15, -0.1) is 0 Å². The molecule has 0 N–H and O–H groups in total. The lowest BCUT2D eigenvalue weighted by atomic mass is 10.2. The van der Waals surface area contributed by atoms with E-state index in [0.717, 1.165) is 21.9 Å². The van der Waals surface area contributed by atoms with Crippen molar-refractivity contribution in [2.75, 3.05) is 0 Å². The molecular formula is C17H13N3O. The van der Waals surface area contributed by atoms with Crippen LogP contribution in [-0.4, -0.2) is 14.1 Å². The van der Waals surface area contributed by atoms with Crippen LogP contribution in [0.15, 0.2) is 65.6 Å². The SMILES string of the molecule is Cn1c(=O)c(-n2ccc3ccccc32)nc2ccccc21. The zero-order valence-electron chi connectivity index (χ0n) is 11.5. The number of para-hydroxylation sites is 3. The molecule has 0 bridgehead atoms. The van der Waals surface area contributed by atoms with Crippen molar-refractivity contribution in [1.29, 1.82) is 0 Å². The number of nitrogens with zero attached hydrogens (tertiary/aromatic N) is 3. The Bertz CT molecular complexity index is 1030. The van der Waals surface area contributed by atoms with Gasteiger partial charge in [0.15, 0.2) is 0 Å². The lowest BCUT2D eigenvalue weighted by molar-refractivity contribution is 0.860. The highest BCUT2D eigenvalue weighted by atomic mass is 16.1. The molecule has 4 heteroatoms. The van der Waals surface area contributed by atoms with Crippen LogP contribution in [0, 0.1) is 0 Å². The van der Waals surface area contributed by atoms with Crippen LogP contribution in [-0.2, 0) is 7.05 Å². The van der Waals surface area contributed by atoms with Crippen LogP contribution in [0.2, 0.25) is 0 Å². The summed E-state index contributed by atoms with van der Waals surface area (Å²) in [7, 11) is 1.78. The molecule has 0 amide bonds. The second kappa shape index (κ2) is 4.31. The molecule has 4 rings (SSSR count). The minimum atomic E-state index is -0.102. The zero-order valence-corrected chi connectivity index (χ0v) is 11.5. The second-order valence-electron chi connectivity index (χ2n) is 5.03. The molecule has 21 heavy (non-hydrogen) atoms. The first-order chi connectivity index (χ1) is 10.3. The lowest BCUT2D eigenvalue weighted by Crippen LogP contribution is -2.23. The van der Waals surface area contributed by atoms with Gasteiger partial charge in [-0.1, -0.05) is 30.3 Å². The molecule has 2 aromatic carbocycles. The number of benzene rings is 2. The largest absolute Gasteiger partial charge is 0.307 e. The van der Waals surface area contributed by atoms with E-state index < -0.39 is 0 Å². The van der Waals surface area contributed by atoms with Crippen molar-refractivity contribution in [3.05, 3.63) is 71.1 Å². The standard InChI is InChI=1S/C17H13N3O/c1-19-15-9-5-3-7-13(15)18-16(17(19)21)20-11-10-12-6-2-4-8-14(12)20/h2-11H,1H3. The monoisotopic (exact) mass is 275 g/mol. The Morgan fingerprint density at radius 3 is 2.48 bits per heavy atom. The summed E-state index contributed by atoms with van der Waals surface area (Å²) in [5.41, 5.74) is 2.53. The molecule has 2 heterocycles. The smallest absolute Gasteiger partial charge is 0.294 e. The number of aryl methyl sites for hydroxylation is 1. The van der Waals surface area contributed by atoms with Gasteiger partial charge in [0.05, 0.1) is 16.6 Å². The van der Waals surface area contributed by atoms with Gasteiger partial charge in [-0.2, -0.15) is 0 Å². The first-order valence-electron chi connectivity index (χ1n) is 6.78. The van der Waals surface area contributed by atoms with Gasteiger partial charge in [0.1, 0.15) is 0 Å². The van der Waals surface area contributed by atoms with Crippen molar-refractivity contribution in [1.82, 2.24) is 14.1 Å². The summed E-state index contributed by atoms with van der Waals surface area (Å²) in [5.74, 6) is 0.428. The average Bonchev–Trinajstić information content (AvgIpc) is 2.95. The van der Waals surface area contributed by atoms with E-state index in [4.69, 9.17) is 0 Å². The predicted octanol–water partition coefficient (Wildman–Crippen LogP) is 2.88. The Morgan fingerprint density at radius 2 is 1.62 bits per heavy atom. The van der Waals surface area contributed by atoms with Gasteiger partial charge in [0.2, 0.25) is 5.82 Å². The average molecular weight is 275 g/mol. The summed E-state index contributed by atoms with van der Waals surface area (Å²) in [6, 6.07) is 17.6. The molecule has 0 aliphatic heterocycles. The molecule has 0 aliphatic rings. The third-order valence-corrected chi connectivity index (χ3v) is 3.79. The number of aromatic nitrogens is 3. The van der Waals surface area contributed by atoms with E-state index in [1.165, 1.54) is 0 Å². The fourth-order valence-electron chi connectivity index (χ4n) is 2.69. The summed E-state index contributed by atoms with van der Waals surface area (Å²) in [6.07, 6.45) is 1.89. The highest BCUT2D eigenvalue weighted by Crippen LogP contribution is 2.18. The van der Waals surface area contributed by atoms with E-state index in [2.05, 4.69) is 4.98 Å². The second-order valence-corrected chi connectivity index (χ2v) is 5.03. The third-order valence-electron chi connectivity index (χ3n) is 3.79. The summed E-state index contributed by atoms with van der Waals surface area (Å²) in [6.45, 7) is 0. The number of rotatable bonds is 1. The molecule has 0 radical (unpaired) electrons. The maximum absolute atomic E-state index is 12.6. The number of hydrogen-bond acceptors (Lipinski definition) is 2. The quantitative estimate of drug-likeness (QED) is 0.536. The van der Waals surface area contributed by atoms with Crippen molar-refractivity contribution in [3.63, 3.8) is 0 Å². The summed E-state index contributed by atoms with van der Waals surface area (Å²) >= 11 is 0. The van der Waals surface area contributed by atoms with E-state index in [1.54, 1.807) is 11.6 Å². The van der Waals surface area contributed by atoms with Crippen LogP contribution in [0.1, 0.15) is 0 Å². The van der Waals surface area contributed by atoms with Crippen molar-refractivity contribution >= 4 is 21.9 Å². The summed E-state index contributed by atoms with van der Waals surface area (Å²) in [4.78, 5) is 17.2. The molecule has 0 spiro atoms. The molecule has 0 saturated heterocycles. The van der Waals surface area contributed by atoms with Crippen molar-refractivity contribution in [3.8, 4) is 5.82 Å². The Morgan fingerprint density at radius 1 is 0.905 bits per heavy atom. The van der Waals surface area contributed by atoms with Gasteiger partial charge in [0.25, 0.3) is 5.56 Å². The number of fused-ring (bicyclic) bond motifs is 2. The minimum absolute atomic E-state index is 0.102. The van der Waals surface area contributed by atoms with Crippen LogP contribution in [0.4, 0.5) is 0 Å². The molecular weight excluding hydrogens is 262 g/mol. The van der Waals surface area contributed by atoms with Crippen molar-refractivity contribution in [2.45, 2.75) is 0 Å². The fourth-order valence-corrected chi connectivity index (χ4v) is 2.69. The molecule has 4 nitrogen and oxygen atoms in total. The fraction of sp³-hybridized carbons (Fsp3) is 0.0588. The Kier molecular flexibility index (Phi) is 2.44. The third kappa shape index (κ3) is 1.69. The van der Waals surface area contributed by atoms with Crippen LogP contribution in [0.5, 0.6) is 0 Å². The van der Waals surface area contributed by atoms with E-state index in [-0.39, 0.29) is 5.56 Å². The first-order valence-corrected chi connectivity index (χ1v) is 6.78. The van der Waals surface area contributed by atoms with E-state index in [1.807, 2.05) is 65.4 Å². The lowest BCUT2D eigenvalue weighted by Gasteiger charge is -2.09. The Labute approximate surface area is 120 Å². The predicted molar refractivity (Wildman–Crippen MR) is 83.8 cm³/mol. The molecule has 2 aromatic heterocycles. The maximum atomic E-state index is 12.6. The molecule has 0 atom stereocenters. The van der Waals surface area contributed by atoms with Gasteiger partial charge >= 0.3 is 0 Å². The van der Waals surface area contributed by atoms with Gasteiger partial charge in [0, 0.05) is 13.2 Å². The molecule has 4 aromatic rings. The van der Waals surface area contributed by atoms with Crippen LogP contribution in [0.25, 0.3) is 27.8 Å². The molecule has 0 saturated carbocycles. The zero-order chi connectivity index (χ0) is 14.4. The highest BCUT2D eigenvalue weighted by molar-refractivity contribution is 5.82. The Balaban J connectivity index is 2.11. The normalized spacial score (nSPS) is 11.3. The van der Waals surface area contributed by atoms with Gasteiger partial charge in [-0.05, 0) is 29.7 Å². The molecule has 0 aliphatic carbocycles. The van der Waals surface area contributed by atoms with Gasteiger partial charge < -0.3 is 4.57 Å². The van der Waals surface area contributed by atoms with Crippen molar-refractivity contribution < 1.29 is 0 Å². The topological polar surface area (TPSA) is 39.8 Å². The van der Waals surface area contributed by atoms with E-state index in [0.29, 0.717) is 5.82 Å². The number of hydrogen-bond donors (Lipinski definition) is 0.